The van der Waals surface area contributed by atoms with Gasteiger partial charge in [0, 0.05) is 18.5 Å². The van der Waals surface area contributed by atoms with Gasteiger partial charge < -0.3 is 10.2 Å². The number of carbonyl (C=O) groups excluding carboxylic acids is 1. The van der Waals surface area contributed by atoms with Crippen LogP contribution in [0.1, 0.15) is 33.1 Å². The number of rotatable bonds is 2. The Hall–Kier alpha value is -0.830. The van der Waals surface area contributed by atoms with Crippen molar-refractivity contribution in [1.82, 2.24) is 10.2 Å². The van der Waals surface area contributed by atoms with Crippen LogP contribution in [0.5, 0.6) is 0 Å². The Kier molecular flexibility index (Phi) is 4.21. The summed E-state index contributed by atoms with van der Waals surface area (Å²) in [5, 5.41) is 3.38. The SMILES string of the molecule is CC(C)N1CC=CC[C@@H](C2CCNCC2)C1=O. The van der Waals surface area contributed by atoms with E-state index < -0.39 is 0 Å². The molecule has 1 atom stereocenters. The molecule has 1 fully saturated rings. The standard InChI is InChI=1S/C14H24N2O/c1-11(2)16-10-4-3-5-13(14(16)17)12-6-8-15-9-7-12/h3-4,11-13,15H,5-10H2,1-2H3/t13-/m0/s1. The second-order valence-electron chi connectivity index (χ2n) is 5.49. The minimum absolute atomic E-state index is 0.221. The molecule has 17 heavy (non-hydrogen) atoms. The highest BCUT2D eigenvalue weighted by Gasteiger charge is 2.33. The third-order valence-corrected chi connectivity index (χ3v) is 4.04. The molecule has 3 nitrogen and oxygen atoms in total. The largest absolute Gasteiger partial charge is 0.336 e. The summed E-state index contributed by atoms with van der Waals surface area (Å²) >= 11 is 0. The number of hydrogen-bond acceptors (Lipinski definition) is 2. The first-order valence-electron chi connectivity index (χ1n) is 6.86. The smallest absolute Gasteiger partial charge is 0.226 e. The lowest BCUT2D eigenvalue weighted by atomic mass is 9.82. The number of piperidine rings is 1. The molecule has 2 aliphatic heterocycles. The molecule has 0 bridgehead atoms. The molecule has 3 heteroatoms. The fourth-order valence-corrected chi connectivity index (χ4v) is 2.94. The molecule has 2 aliphatic rings. The Morgan fingerprint density at radius 1 is 1.29 bits per heavy atom. The molecular weight excluding hydrogens is 212 g/mol. The van der Waals surface area contributed by atoms with Gasteiger partial charge >= 0.3 is 0 Å². The van der Waals surface area contributed by atoms with Gasteiger partial charge in [0.15, 0.2) is 0 Å². The summed E-state index contributed by atoms with van der Waals surface area (Å²) in [6.45, 7) is 7.14. The molecule has 0 radical (unpaired) electrons. The van der Waals surface area contributed by atoms with Crippen LogP contribution >= 0.6 is 0 Å². The number of nitrogens with zero attached hydrogens (tertiary/aromatic N) is 1. The highest BCUT2D eigenvalue weighted by atomic mass is 16.2. The van der Waals surface area contributed by atoms with E-state index in [2.05, 4.69) is 31.3 Å². The van der Waals surface area contributed by atoms with Crippen LogP contribution < -0.4 is 5.32 Å². The van der Waals surface area contributed by atoms with Crippen molar-refractivity contribution in [2.75, 3.05) is 19.6 Å². The molecule has 0 unspecified atom stereocenters. The zero-order chi connectivity index (χ0) is 12.3. The number of nitrogens with one attached hydrogen (secondary N) is 1. The van der Waals surface area contributed by atoms with Crippen LogP contribution in [0.25, 0.3) is 0 Å². The highest BCUT2D eigenvalue weighted by molar-refractivity contribution is 5.80. The van der Waals surface area contributed by atoms with E-state index in [9.17, 15) is 4.79 Å². The van der Waals surface area contributed by atoms with E-state index in [4.69, 9.17) is 0 Å². The Balaban J connectivity index is 2.08. The van der Waals surface area contributed by atoms with Gasteiger partial charge in [-0.2, -0.15) is 0 Å². The van der Waals surface area contributed by atoms with Crippen LogP contribution in [0.2, 0.25) is 0 Å². The molecule has 0 aromatic carbocycles. The van der Waals surface area contributed by atoms with Crippen LogP contribution in [-0.2, 0) is 4.79 Å². The maximum Gasteiger partial charge on any atom is 0.226 e. The minimum atomic E-state index is 0.221. The summed E-state index contributed by atoms with van der Waals surface area (Å²) in [4.78, 5) is 14.6. The van der Waals surface area contributed by atoms with Crippen molar-refractivity contribution in [1.29, 1.82) is 0 Å². The third kappa shape index (κ3) is 2.89. The van der Waals surface area contributed by atoms with Crippen molar-refractivity contribution < 1.29 is 4.79 Å². The number of hydrogen-bond donors (Lipinski definition) is 1. The average molecular weight is 236 g/mol. The van der Waals surface area contributed by atoms with E-state index in [-0.39, 0.29) is 5.92 Å². The first-order valence-corrected chi connectivity index (χ1v) is 6.86. The van der Waals surface area contributed by atoms with Crippen LogP contribution in [0.4, 0.5) is 0 Å². The van der Waals surface area contributed by atoms with Crippen LogP contribution in [0.3, 0.4) is 0 Å². The molecule has 0 saturated carbocycles. The maximum atomic E-state index is 12.6. The van der Waals surface area contributed by atoms with Crippen LogP contribution in [0.15, 0.2) is 12.2 Å². The molecule has 1 saturated heterocycles. The predicted molar refractivity (Wildman–Crippen MR) is 69.7 cm³/mol. The van der Waals surface area contributed by atoms with Crippen molar-refractivity contribution in [3.8, 4) is 0 Å². The molecule has 2 rings (SSSR count). The first-order chi connectivity index (χ1) is 8.20. The van der Waals surface area contributed by atoms with Gasteiger partial charge in [-0.1, -0.05) is 12.2 Å². The second kappa shape index (κ2) is 5.67. The molecule has 96 valence electrons. The summed E-state index contributed by atoms with van der Waals surface area (Å²) < 4.78 is 0. The Bertz CT molecular complexity index is 293. The van der Waals surface area contributed by atoms with Crippen molar-refractivity contribution in [3.63, 3.8) is 0 Å². The molecule has 0 aromatic heterocycles. The van der Waals surface area contributed by atoms with Gasteiger partial charge in [-0.25, -0.2) is 0 Å². The molecular formula is C14H24N2O. The van der Waals surface area contributed by atoms with Gasteiger partial charge in [0.1, 0.15) is 0 Å². The van der Waals surface area contributed by atoms with Gasteiger partial charge in [-0.05, 0) is 52.1 Å². The lowest BCUT2D eigenvalue weighted by molar-refractivity contribution is -0.138. The average Bonchev–Trinajstić information content (AvgIpc) is 2.52. The zero-order valence-electron chi connectivity index (χ0n) is 11.0. The van der Waals surface area contributed by atoms with Crippen molar-refractivity contribution in [2.45, 2.75) is 39.2 Å². The van der Waals surface area contributed by atoms with Crippen LogP contribution in [-0.4, -0.2) is 36.5 Å². The Morgan fingerprint density at radius 3 is 2.65 bits per heavy atom. The predicted octanol–water partition coefficient (Wildman–Crippen LogP) is 1.80. The lowest BCUT2D eigenvalue weighted by Crippen LogP contribution is -2.44. The number of allylic oxidation sites excluding steroid dienone is 1. The summed E-state index contributed by atoms with van der Waals surface area (Å²) in [6, 6.07) is 0.314. The highest BCUT2D eigenvalue weighted by Crippen LogP contribution is 2.29. The molecule has 0 spiro atoms. The first kappa shape index (κ1) is 12.6. The van der Waals surface area contributed by atoms with E-state index in [0.717, 1.165) is 38.9 Å². The van der Waals surface area contributed by atoms with E-state index in [1.54, 1.807) is 0 Å². The number of carbonyl (C=O) groups is 1. The quantitative estimate of drug-likeness (QED) is 0.742. The van der Waals surface area contributed by atoms with Gasteiger partial charge in [-0.3, -0.25) is 4.79 Å². The normalized spacial score (nSPS) is 27.6. The second-order valence-corrected chi connectivity index (χ2v) is 5.49. The van der Waals surface area contributed by atoms with E-state index in [1.807, 2.05) is 4.90 Å². The lowest BCUT2D eigenvalue weighted by Gasteiger charge is -2.33. The van der Waals surface area contributed by atoms with E-state index in [1.165, 1.54) is 0 Å². The Labute approximate surface area is 104 Å². The molecule has 0 aliphatic carbocycles. The maximum absolute atomic E-state index is 12.6. The Morgan fingerprint density at radius 2 is 2.00 bits per heavy atom. The van der Waals surface area contributed by atoms with Crippen molar-refractivity contribution >= 4 is 5.91 Å². The summed E-state index contributed by atoms with van der Waals surface area (Å²) in [5.41, 5.74) is 0. The van der Waals surface area contributed by atoms with Gasteiger partial charge in [-0.15, -0.1) is 0 Å². The van der Waals surface area contributed by atoms with Crippen molar-refractivity contribution in [2.24, 2.45) is 11.8 Å². The zero-order valence-corrected chi connectivity index (χ0v) is 11.0. The fraction of sp³-hybridized carbons (Fsp3) is 0.786. The fourth-order valence-electron chi connectivity index (χ4n) is 2.94. The van der Waals surface area contributed by atoms with Gasteiger partial charge in [0.25, 0.3) is 0 Å². The van der Waals surface area contributed by atoms with Gasteiger partial charge in [0.05, 0.1) is 0 Å². The van der Waals surface area contributed by atoms with E-state index in [0.29, 0.717) is 17.9 Å². The number of amides is 1. The van der Waals surface area contributed by atoms with E-state index >= 15 is 0 Å². The van der Waals surface area contributed by atoms with Crippen molar-refractivity contribution in [3.05, 3.63) is 12.2 Å². The van der Waals surface area contributed by atoms with Gasteiger partial charge in [0.2, 0.25) is 5.91 Å². The minimum Gasteiger partial charge on any atom is -0.336 e. The third-order valence-electron chi connectivity index (χ3n) is 4.04. The molecule has 2 heterocycles. The summed E-state index contributed by atoms with van der Waals surface area (Å²) in [7, 11) is 0. The monoisotopic (exact) mass is 236 g/mol. The van der Waals surface area contributed by atoms with Crippen LogP contribution in [0, 0.1) is 11.8 Å². The summed E-state index contributed by atoms with van der Waals surface area (Å²) in [5.74, 6) is 1.17. The topological polar surface area (TPSA) is 32.3 Å². The molecule has 1 N–H and O–H groups in total. The summed E-state index contributed by atoms with van der Waals surface area (Å²) in [6.07, 6.45) is 7.59. The molecule has 0 aromatic rings. The molecule has 1 amide bonds.